The zero-order chi connectivity index (χ0) is 19.7. The molecule has 0 unspecified atom stereocenters. The predicted octanol–water partition coefficient (Wildman–Crippen LogP) is 5.93. The number of anilines is 1. The number of nitrogens with zero attached hydrogens (tertiary/aromatic N) is 1. The number of hydrogen-bond acceptors (Lipinski definition) is 3. The van der Waals surface area contributed by atoms with Crippen LogP contribution in [0.5, 0.6) is 0 Å². The number of aryl methyl sites for hydroxylation is 3. The van der Waals surface area contributed by atoms with E-state index < -0.39 is 0 Å². The van der Waals surface area contributed by atoms with Crippen molar-refractivity contribution in [3.05, 3.63) is 82.9 Å². The molecule has 4 heteroatoms. The van der Waals surface area contributed by atoms with Gasteiger partial charge >= 0.3 is 0 Å². The van der Waals surface area contributed by atoms with Crippen molar-refractivity contribution in [2.24, 2.45) is 0 Å². The van der Waals surface area contributed by atoms with Crippen molar-refractivity contribution < 1.29 is 9.21 Å². The molecule has 0 atom stereocenters. The topological polar surface area (TPSA) is 55.1 Å². The lowest BCUT2D eigenvalue weighted by Gasteiger charge is -2.08. The normalized spacial score (nSPS) is 11.0. The molecule has 3 aromatic carbocycles. The lowest BCUT2D eigenvalue weighted by atomic mass is 10.1. The van der Waals surface area contributed by atoms with Crippen molar-refractivity contribution in [1.82, 2.24) is 4.98 Å². The lowest BCUT2D eigenvalue weighted by Crippen LogP contribution is -2.12. The Hall–Kier alpha value is -3.40. The Morgan fingerprint density at radius 2 is 1.79 bits per heavy atom. The Bertz CT molecular complexity index is 1150. The van der Waals surface area contributed by atoms with Gasteiger partial charge in [0.2, 0.25) is 5.89 Å². The first-order chi connectivity index (χ1) is 13.5. The first-order valence-electron chi connectivity index (χ1n) is 9.41. The van der Waals surface area contributed by atoms with Crippen molar-refractivity contribution in [2.75, 3.05) is 5.32 Å². The molecule has 4 nitrogen and oxygen atoms in total. The molecule has 28 heavy (non-hydrogen) atoms. The van der Waals surface area contributed by atoms with Crippen LogP contribution in [0.1, 0.15) is 34.0 Å². The summed E-state index contributed by atoms with van der Waals surface area (Å²) in [6.45, 7) is 6.09. The van der Waals surface area contributed by atoms with Crippen LogP contribution in [0.4, 0.5) is 5.69 Å². The fraction of sp³-hybridized carbons (Fsp3) is 0.167. The molecule has 4 rings (SSSR count). The minimum atomic E-state index is -0.130. The maximum atomic E-state index is 12.6. The van der Waals surface area contributed by atoms with Gasteiger partial charge in [-0.1, -0.05) is 36.2 Å². The molecule has 1 aromatic heterocycles. The van der Waals surface area contributed by atoms with E-state index in [-0.39, 0.29) is 5.91 Å². The van der Waals surface area contributed by atoms with E-state index in [2.05, 4.69) is 29.4 Å². The van der Waals surface area contributed by atoms with Crippen LogP contribution >= 0.6 is 0 Å². The minimum absolute atomic E-state index is 0.130. The fourth-order valence-electron chi connectivity index (χ4n) is 3.36. The molecule has 0 aliphatic carbocycles. The molecule has 140 valence electrons. The van der Waals surface area contributed by atoms with E-state index in [1.165, 1.54) is 5.56 Å². The summed E-state index contributed by atoms with van der Waals surface area (Å²) in [7, 11) is 0. The van der Waals surface area contributed by atoms with Crippen molar-refractivity contribution in [3.8, 4) is 11.5 Å². The van der Waals surface area contributed by atoms with Crippen LogP contribution in [0.2, 0.25) is 0 Å². The van der Waals surface area contributed by atoms with Gasteiger partial charge in [0.25, 0.3) is 5.91 Å². The van der Waals surface area contributed by atoms with Gasteiger partial charge in [-0.05, 0) is 68.3 Å². The average Bonchev–Trinajstić information content (AvgIpc) is 3.10. The highest BCUT2D eigenvalue weighted by Gasteiger charge is 2.11. The van der Waals surface area contributed by atoms with Crippen LogP contribution in [0.25, 0.3) is 22.6 Å². The number of aromatic nitrogens is 1. The van der Waals surface area contributed by atoms with Crippen LogP contribution in [0.3, 0.4) is 0 Å². The van der Waals surface area contributed by atoms with E-state index in [0.29, 0.717) is 17.1 Å². The van der Waals surface area contributed by atoms with Gasteiger partial charge in [0.1, 0.15) is 5.52 Å². The smallest absolute Gasteiger partial charge is 0.255 e. The Labute approximate surface area is 164 Å². The third kappa shape index (κ3) is 3.67. The largest absolute Gasteiger partial charge is 0.436 e. The monoisotopic (exact) mass is 370 g/mol. The van der Waals surface area contributed by atoms with Crippen LogP contribution in [-0.2, 0) is 6.42 Å². The molecule has 1 heterocycles. The average molecular weight is 370 g/mol. The van der Waals surface area contributed by atoms with Gasteiger partial charge in [-0.3, -0.25) is 4.79 Å². The summed E-state index contributed by atoms with van der Waals surface area (Å²) in [6.07, 6.45) is 0.956. The molecule has 0 saturated heterocycles. The summed E-state index contributed by atoms with van der Waals surface area (Å²) < 4.78 is 5.91. The van der Waals surface area contributed by atoms with Crippen LogP contribution in [0.15, 0.2) is 65.1 Å². The second kappa shape index (κ2) is 7.31. The van der Waals surface area contributed by atoms with Crippen LogP contribution < -0.4 is 5.32 Å². The Balaban J connectivity index is 1.61. The van der Waals surface area contributed by atoms with Gasteiger partial charge in [0, 0.05) is 16.8 Å². The summed E-state index contributed by atoms with van der Waals surface area (Å²) in [6, 6.07) is 19.4. The van der Waals surface area contributed by atoms with Gasteiger partial charge in [0.05, 0.1) is 0 Å². The third-order valence-corrected chi connectivity index (χ3v) is 4.71. The summed E-state index contributed by atoms with van der Waals surface area (Å²) in [5, 5.41) is 2.97. The quantitative estimate of drug-likeness (QED) is 0.485. The highest BCUT2D eigenvalue weighted by atomic mass is 16.3. The molecular weight excluding hydrogens is 348 g/mol. The molecule has 0 fully saturated rings. The maximum Gasteiger partial charge on any atom is 0.255 e. The van der Waals surface area contributed by atoms with Crippen LogP contribution in [-0.4, -0.2) is 10.9 Å². The number of oxazole rings is 1. The first-order valence-corrected chi connectivity index (χ1v) is 9.41. The van der Waals surface area contributed by atoms with Gasteiger partial charge in [-0.25, -0.2) is 4.98 Å². The van der Waals surface area contributed by atoms with Crippen molar-refractivity contribution >= 4 is 22.7 Å². The van der Waals surface area contributed by atoms with Crippen molar-refractivity contribution in [3.63, 3.8) is 0 Å². The van der Waals surface area contributed by atoms with E-state index in [1.54, 1.807) is 0 Å². The number of amides is 1. The Morgan fingerprint density at radius 1 is 1.00 bits per heavy atom. The number of hydrogen-bond donors (Lipinski definition) is 1. The van der Waals surface area contributed by atoms with E-state index in [9.17, 15) is 4.79 Å². The summed E-state index contributed by atoms with van der Waals surface area (Å²) in [5.74, 6) is 0.417. The molecular formula is C24H22N2O2. The number of fused-ring (bicyclic) bond motifs is 1. The number of carbonyl (C=O) groups excluding carboxylic acids is 1. The third-order valence-electron chi connectivity index (χ3n) is 4.71. The molecule has 1 amide bonds. The molecule has 0 bridgehead atoms. The number of nitrogens with one attached hydrogen (secondary N) is 1. The Kier molecular flexibility index (Phi) is 4.70. The van der Waals surface area contributed by atoms with Gasteiger partial charge in [-0.15, -0.1) is 0 Å². The van der Waals surface area contributed by atoms with Gasteiger partial charge in [-0.2, -0.15) is 0 Å². The minimum Gasteiger partial charge on any atom is -0.436 e. The second-order valence-corrected chi connectivity index (χ2v) is 7.09. The van der Waals surface area contributed by atoms with E-state index >= 15 is 0 Å². The maximum absolute atomic E-state index is 12.6. The van der Waals surface area contributed by atoms with Crippen molar-refractivity contribution in [1.29, 1.82) is 0 Å². The van der Waals surface area contributed by atoms with Gasteiger partial charge < -0.3 is 9.73 Å². The van der Waals surface area contributed by atoms with Gasteiger partial charge in [0.15, 0.2) is 5.58 Å². The number of rotatable bonds is 4. The van der Waals surface area contributed by atoms with E-state index in [0.717, 1.165) is 34.2 Å². The van der Waals surface area contributed by atoms with E-state index in [1.807, 2.05) is 62.4 Å². The molecule has 1 N–H and O–H groups in total. The molecule has 0 aliphatic rings. The standard InChI is InChI=1S/C24H22N2O2/c1-4-17-8-9-22-21(13-17)26-24(28-22)18-6-5-7-20(14-18)25-23(27)19-11-15(2)10-16(3)12-19/h5-14H,4H2,1-3H3,(H,25,27). The second-order valence-electron chi connectivity index (χ2n) is 7.09. The zero-order valence-electron chi connectivity index (χ0n) is 16.2. The molecule has 0 radical (unpaired) electrons. The summed E-state index contributed by atoms with van der Waals surface area (Å²) >= 11 is 0. The first kappa shape index (κ1) is 18.0. The molecule has 0 spiro atoms. The highest BCUT2D eigenvalue weighted by Crippen LogP contribution is 2.27. The zero-order valence-corrected chi connectivity index (χ0v) is 16.2. The lowest BCUT2D eigenvalue weighted by molar-refractivity contribution is 0.102. The van der Waals surface area contributed by atoms with E-state index in [4.69, 9.17) is 4.42 Å². The van der Waals surface area contributed by atoms with Crippen LogP contribution in [0, 0.1) is 13.8 Å². The van der Waals surface area contributed by atoms with Crippen molar-refractivity contribution in [2.45, 2.75) is 27.2 Å². The number of carbonyl (C=O) groups is 1. The highest BCUT2D eigenvalue weighted by molar-refractivity contribution is 6.04. The Morgan fingerprint density at radius 3 is 2.54 bits per heavy atom. The predicted molar refractivity (Wildman–Crippen MR) is 113 cm³/mol. The molecule has 0 saturated carbocycles. The SMILES string of the molecule is CCc1ccc2oc(-c3cccc(NC(=O)c4cc(C)cc(C)c4)c3)nc2c1. The summed E-state index contributed by atoms with van der Waals surface area (Å²) in [5.41, 5.74) is 7.15. The molecule has 0 aliphatic heterocycles. The number of benzene rings is 3. The fourth-order valence-corrected chi connectivity index (χ4v) is 3.36. The summed E-state index contributed by atoms with van der Waals surface area (Å²) in [4.78, 5) is 17.2. The molecule has 4 aromatic rings.